The summed E-state index contributed by atoms with van der Waals surface area (Å²) < 4.78 is 33.4. The quantitative estimate of drug-likeness (QED) is 0.319. The van der Waals surface area contributed by atoms with Crippen molar-refractivity contribution in [2.75, 3.05) is 38.0 Å². The van der Waals surface area contributed by atoms with E-state index in [4.69, 9.17) is 9.72 Å². The maximum atomic E-state index is 13.5. The van der Waals surface area contributed by atoms with E-state index in [1.807, 2.05) is 15.7 Å². The van der Waals surface area contributed by atoms with Crippen LogP contribution in [0.15, 0.2) is 18.5 Å². The van der Waals surface area contributed by atoms with Gasteiger partial charge in [0.25, 0.3) is 5.91 Å². The molecule has 3 heterocycles. The topological polar surface area (TPSA) is 88.0 Å². The minimum atomic E-state index is -3.17. The number of carbonyl (C=O) groups excluding carboxylic acids is 1. The zero-order chi connectivity index (χ0) is 27.2. The molecule has 0 unspecified atom stereocenters. The first-order valence-electron chi connectivity index (χ1n) is 14.0. The van der Waals surface area contributed by atoms with Crippen molar-refractivity contribution < 1.29 is 17.9 Å². The van der Waals surface area contributed by atoms with Crippen LogP contribution < -0.4 is 4.90 Å². The number of aromatic nitrogens is 2. The van der Waals surface area contributed by atoms with Gasteiger partial charge in [-0.15, -0.1) is 0 Å². The first-order chi connectivity index (χ1) is 17.9. The Morgan fingerprint density at radius 1 is 1.08 bits per heavy atom. The van der Waals surface area contributed by atoms with Gasteiger partial charge in [-0.25, -0.2) is 17.7 Å². The Labute approximate surface area is 228 Å². The molecule has 11 heteroatoms. The van der Waals surface area contributed by atoms with Crippen molar-refractivity contribution in [2.45, 2.75) is 83.0 Å². The molecule has 210 valence electrons. The second kappa shape index (κ2) is 10.6. The lowest BCUT2D eigenvalue weighted by Gasteiger charge is -2.45. The third kappa shape index (κ3) is 5.95. The van der Waals surface area contributed by atoms with Gasteiger partial charge < -0.3 is 19.1 Å². The van der Waals surface area contributed by atoms with E-state index in [1.165, 1.54) is 10.6 Å². The first-order valence-corrected chi connectivity index (χ1v) is 19.5. The van der Waals surface area contributed by atoms with E-state index in [9.17, 15) is 13.2 Å². The van der Waals surface area contributed by atoms with Crippen molar-refractivity contribution >= 4 is 40.7 Å². The van der Waals surface area contributed by atoms with Crippen molar-refractivity contribution in [3.05, 3.63) is 24.0 Å². The number of amides is 1. The van der Waals surface area contributed by atoms with Crippen LogP contribution in [0, 0.1) is 5.92 Å². The van der Waals surface area contributed by atoms with E-state index in [0.29, 0.717) is 43.5 Å². The molecule has 1 amide bonds. The van der Waals surface area contributed by atoms with Crippen LogP contribution in [0.5, 0.6) is 0 Å². The number of rotatable bonds is 10. The van der Waals surface area contributed by atoms with Gasteiger partial charge in [-0.05, 0) is 56.6 Å². The van der Waals surface area contributed by atoms with E-state index in [-0.39, 0.29) is 5.91 Å². The third-order valence-corrected chi connectivity index (χ3v) is 11.4. The van der Waals surface area contributed by atoms with Gasteiger partial charge in [0.1, 0.15) is 12.4 Å². The molecule has 2 aromatic heterocycles. The number of pyridine rings is 1. The zero-order valence-corrected chi connectivity index (χ0v) is 25.3. The van der Waals surface area contributed by atoms with Crippen LogP contribution in [0.2, 0.25) is 25.7 Å². The highest BCUT2D eigenvalue weighted by atomic mass is 32.2. The summed E-state index contributed by atoms with van der Waals surface area (Å²) in [6.07, 6.45) is 11.1. The average Bonchev–Trinajstić information content (AvgIpc) is 3.61. The van der Waals surface area contributed by atoms with E-state index in [2.05, 4.69) is 30.6 Å². The number of sulfonamides is 1. The fraction of sp³-hybridized carbons (Fsp3) is 0.704. The first kappa shape index (κ1) is 27.6. The molecular formula is C27H43N5O4SSi. The number of ether oxygens (including phenoxy) is 1. The summed E-state index contributed by atoms with van der Waals surface area (Å²) in [6, 6.07) is 3.85. The molecule has 2 aromatic rings. The molecule has 0 bridgehead atoms. The fourth-order valence-corrected chi connectivity index (χ4v) is 7.03. The summed E-state index contributed by atoms with van der Waals surface area (Å²) in [5.41, 5.74) is 2.57. The number of anilines is 1. The van der Waals surface area contributed by atoms with Crippen LogP contribution in [0.4, 0.5) is 5.69 Å². The second-order valence-electron chi connectivity index (χ2n) is 12.7. The van der Waals surface area contributed by atoms with Gasteiger partial charge in [0.15, 0.2) is 0 Å². The molecule has 2 fully saturated rings. The normalized spacial score (nSPS) is 22.9. The van der Waals surface area contributed by atoms with E-state index >= 15 is 0 Å². The lowest BCUT2D eigenvalue weighted by molar-refractivity contribution is 0.0718. The number of carbonyl (C=O) groups is 1. The second-order valence-corrected chi connectivity index (χ2v) is 20.4. The van der Waals surface area contributed by atoms with Crippen LogP contribution in [0.1, 0.15) is 48.9 Å². The van der Waals surface area contributed by atoms with Gasteiger partial charge >= 0.3 is 0 Å². The van der Waals surface area contributed by atoms with Crippen molar-refractivity contribution in [1.82, 2.24) is 18.8 Å². The largest absolute Gasteiger partial charge is 0.361 e. The Bertz CT molecular complexity index is 1280. The minimum absolute atomic E-state index is 0.0933. The highest BCUT2D eigenvalue weighted by Gasteiger charge is 2.42. The molecule has 5 rings (SSSR count). The maximum Gasteiger partial charge on any atom is 0.259 e. The number of nitrogens with zero attached hydrogens (tertiary/aromatic N) is 5. The van der Waals surface area contributed by atoms with Gasteiger partial charge in [-0.3, -0.25) is 4.79 Å². The number of hydrogen-bond donors (Lipinski definition) is 0. The number of fused-ring (bicyclic) bond motifs is 3. The summed E-state index contributed by atoms with van der Waals surface area (Å²) >= 11 is 0. The van der Waals surface area contributed by atoms with Gasteiger partial charge in [0.05, 0.1) is 24.2 Å². The van der Waals surface area contributed by atoms with Crippen molar-refractivity contribution in [1.29, 1.82) is 0 Å². The van der Waals surface area contributed by atoms with Gasteiger partial charge in [-0.2, -0.15) is 0 Å². The Morgan fingerprint density at radius 2 is 1.74 bits per heavy atom. The predicted octanol–water partition coefficient (Wildman–Crippen LogP) is 4.18. The summed E-state index contributed by atoms with van der Waals surface area (Å²) in [4.78, 5) is 22.8. The molecule has 0 aromatic carbocycles. The van der Waals surface area contributed by atoms with Gasteiger partial charge in [0, 0.05) is 58.1 Å². The average molecular weight is 562 g/mol. The molecule has 0 atom stereocenters. The maximum absolute atomic E-state index is 13.5. The Balaban J connectivity index is 1.37. The number of hydrogen-bond acceptors (Lipinski definition) is 6. The van der Waals surface area contributed by atoms with E-state index in [0.717, 1.165) is 67.9 Å². The van der Waals surface area contributed by atoms with Gasteiger partial charge in [0.2, 0.25) is 10.0 Å². The molecule has 0 saturated heterocycles. The molecule has 38 heavy (non-hydrogen) atoms. The fourth-order valence-electron chi connectivity index (χ4n) is 5.79. The highest BCUT2D eigenvalue weighted by molar-refractivity contribution is 7.88. The molecule has 3 aliphatic rings. The summed E-state index contributed by atoms with van der Waals surface area (Å²) in [5, 5.41) is 1.01. The molecule has 9 nitrogen and oxygen atoms in total. The van der Waals surface area contributed by atoms with E-state index in [1.54, 1.807) is 13.2 Å². The molecule has 2 saturated carbocycles. The van der Waals surface area contributed by atoms with Crippen molar-refractivity contribution in [3.8, 4) is 0 Å². The zero-order valence-electron chi connectivity index (χ0n) is 23.5. The predicted molar refractivity (Wildman–Crippen MR) is 154 cm³/mol. The van der Waals surface area contributed by atoms with Crippen LogP contribution >= 0.6 is 0 Å². The summed E-state index contributed by atoms with van der Waals surface area (Å²) in [7, 11) is -2.65. The molecule has 0 radical (unpaired) electrons. The van der Waals surface area contributed by atoms with Crippen molar-refractivity contribution in [2.24, 2.45) is 5.92 Å². The minimum Gasteiger partial charge on any atom is -0.361 e. The molecular weight excluding hydrogens is 518 g/mol. The summed E-state index contributed by atoms with van der Waals surface area (Å²) in [6.45, 7) is 9.45. The van der Waals surface area contributed by atoms with Gasteiger partial charge in [-0.1, -0.05) is 19.6 Å². The standard InChI is InChI=1S/C27H43N5O4SSi/c1-29(37(2,34)35)17-20-6-8-21(9-7-20)31-18-32(22-10-11-22)27(33)24-16-28-26-23(25(24)31)12-13-30(26)19-36-14-15-38(3,4)5/h12-13,16,20-22H,6-11,14-15,17-19H2,1-5H3/t20-,21-. The summed E-state index contributed by atoms with van der Waals surface area (Å²) in [5.74, 6) is 0.457. The molecule has 0 N–H and O–H groups in total. The van der Waals surface area contributed by atoms with Crippen LogP contribution in [0.3, 0.4) is 0 Å². The molecule has 2 aliphatic carbocycles. The Morgan fingerprint density at radius 3 is 2.37 bits per heavy atom. The molecule has 1 aliphatic heterocycles. The SMILES string of the molecule is CN(C[C@H]1CC[C@H](N2CN(C3CC3)C(=O)c3cnc4c(ccn4COCC[Si](C)(C)C)c32)CC1)S(C)(=O)=O. The third-order valence-electron chi connectivity index (χ3n) is 8.40. The Hall–Kier alpha value is -1.95. The Kier molecular flexibility index (Phi) is 7.67. The van der Waals surface area contributed by atoms with Crippen LogP contribution in [-0.2, 0) is 21.5 Å². The van der Waals surface area contributed by atoms with E-state index < -0.39 is 18.1 Å². The van der Waals surface area contributed by atoms with Crippen LogP contribution in [-0.4, -0.2) is 86.4 Å². The monoisotopic (exact) mass is 561 g/mol. The van der Waals surface area contributed by atoms with Crippen molar-refractivity contribution in [3.63, 3.8) is 0 Å². The molecule has 0 spiro atoms. The van der Waals surface area contributed by atoms with Crippen LogP contribution in [0.25, 0.3) is 11.0 Å². The smallest absolute Gasteiger partial charge is 0.259 e. The highest BCUT2D eigenvalue weighted by Crippen LogP contribution is 2.42. The lowest BCUT2D eigenvalue weighted by Crippen LogP contribution is -2.52. The lowest BCUT2D eigenvalue weighted by atomic mass is 9.84.